The molecule has 3 aliphatic rings. The minimum atomic E-state index is -3.10. The van der Waals surface area contributed by atoms with Gasteiger partial charge in [-0.1, -0.05) is 45.4 Å². The highest BCUT2D eigenvalue weighted by molar-refractivity contribution is 5.98. The first-order chi connectivity index (χ1) is 18.0. The summed E-state index contributed by atoms with van der Waals surface area (Å²) in [4.78, 5) is 32.3. The Morgan fingerprint density at radius 2 is 2.00 bits per heavy atom. The predicted molar refractivity (Wildman–Crippen MR) is 140 cm³/mol. The Balaban J connectivity index is 1.35. The normalized spacial score (nSPS) is 23.1. The van der Waals surface area contributed by atoms with Crippen LogP contribution >= 0.6 is 0 Å². The first kappa shape index (κ1) is 26.6. The molecule has 38 heavy (non-hydrogen) atoms. The van der Waals surface area contributed by atoms with Crippen molar-refractivity contribution in [2.45, 2.75) is 70.5 Å². The smallest absolute Gasteiger partial charge is 0.291 e. The van der Waals surface area contributed by atoms with Crippen molar-refractivity contribution in [1.29, 1.82) is 0 Å². The van der Waals surface area contributed by atoms with Crippen molar-refractivity contribution in [3.05, 3.63) is 52.8 Å². The van der Waals surface area contributed by atoms with Gasteiger partial charge in [0.15, 0.2) is 0 Å². The molecule has 0 saturated carbocycles. The van der Waals surface area contributed by atoms with E-state index in [1.807, 2.05) is 43.0 Å². The lowest BCUT2D eigenvalue weighted by atomic mass is 9.91. The number of fused-ring (bicyclic) bond motifs is 2. The van der Waals surface area contributed by atoms with Gasteiger partial charge < -0.3 is 15.1 Å². The fourth-order valence-corrected chi connectivity index (χ4v) is 5.85. The van der Waals surface area contributed by atoms with E-state index in [4.69, 9.17) is 0 Å². The van der Waals surface area contributed by atoms with Gasteiger partial charge in [0.25, 0.3) is 11.8 Å². The number of piperazine rings is 1. The minimum absolute atomic E-state index is 0.0137. The van der Waals surface area contributed by atoms with Crippen molar-refractivity contribution >= 4 is 17.5 Å². The van der Waals surface area contributed by atoms with E-state index in [0.29, 0.717) is 50.5 Å². The monoisotopic (exact) mass is 526 g/mol. The Bertz CT molecular complexity index is 1240. The predicted octanol–water partition coefficient (Wildman–Crippen LogP) is 3.31. The zero-order chi connectivity index (χ0) is 27.2. The molecule has 2 aromatic rings. The highest BCUT2D eigenvalue weighted by atomic mass is 19.3. The molecule has 204 valence electrons. The fourth-order valence-electron chi connectivity index (χ4n) is 5.85. The first-order valence-corrected chi connectivity index (χ1v) is 13.4. The van der Waals surface area contributed by atoms with Gasteiger partial charge in [0.2, 0.25) is 5.91 Å². The number of anilines is 1. The number of benzene rings is 1. The minimum Gasteiger partial charge on any atom is -0.333 e. The van der Waals surface area contributed by atoms with Crippen LogP contribution in [0.25, 0.3) is 0 Å². The standard InChI is InChI=1S/C28H36F2N6O2/c1-5-10-28(29,30)23-11-22-25(33-32-23)27(3,4)17-36(22)24(37)16-34-13-18(2)31-12-20(34)15-35-14-19-8-6-7-9-21(19)26(35)38/h6-9,11,18,20,31H,5,10,12-17H2,1-4H3/t18-,20-/m1/s1. The third-order valence-electron chi connectivity index (χ3n) is 7.89. The fraction of sp³-hybridized carbons (Fsp3) is 0.571. The number of alkyl halides is 2. The number of rotatable bonds is 7. The van der Waals surface area contributed by atoms with E-state index in [1.54, 1.807) is 11.8 Å². The maximum Gasteiger partial charge on any atom is 0.291 e. The SMILES string of the molecule is CCCC(F)(F)c1cc2c(nn1)C(C)(C)CN2C(=O)CN1C[C@@H](C)NC[C@@H]1CN1Cc2ccccc2C1=O. The number of carbonyl (C=O) groups is 2. The van der Waals surface area contributed by atoms with Crippen LogP contribution in [0.4, 0.5) is 14.5 Å². The summed E-state index contributed by atoms with van der Waals surface area (Å²) in [5.74, 6) is -3.25. The van der Waals surface area contributed by atoms with Crippen LogP contribution in [-0.4, -0.2) is 76.6 Å². The van der Waals surface area contributed by atoms with Crippen molar-refractivity contribution < 1.29 is 18.4 Å². The maximum atomic E-state index is 14.7. The summed E-state index contributed by atoms with van der Waals surface area (Å²) in [5.41, 5.74) is 1.85. The summed E-state index contributed by atoms with van der Waals surface area (Å²) in [6.07, 6.45) is -0.00961. The van der Waals surface area contributed by atoms with Crippen LogP contribution in [0.2, 0.25) is 0 Å². The number of nitrogens with one attached hydrogen (secondary N) is 1. The van der Waals surface area contributed by atoms with Gasteiger partial charge >= 0.3 is 0 Å². The molecular weight excluding hydrogens is 490 g/mol. The van der Waals surface area contributed by atoms with Gasteiger partial charge in [-0.3, -0.25) is 14.5 Å². The number of aromatic nitrogens is 2. The largest absolute Gasteiger partial charge is 0.333 e. The number of nitrogens with zero attached hydrogens (tertiary/aromatic N) is 5. The van der Waals surface area contributed by atoms with Crippen molar-refractivity contribution in [1.82, 2.24) is 25.3 Å². The van der Waals surface area contributed by atoms with E-state index >= 15 is 0 Å². The summed E-state index contributed by atoms with van der Waals surface area (Å²) >= 11 is 0. The van der Waals surface area contributed by atoms with Crippen molar-refractivity contribution in [2.24, 2.45) is 0 Å². The zero-order valence-electron chi connectivity index (χ0n) is 22.5. The summed E-state index contributed by atoms with van der Waals surface area (Å²) in [5, 5.41) is 11.5. The van der Waals surface area contributed by atoms with Gasteiger partial charge in [-0.15, -0.1) is 5.10 Å². The zero-order valence-corrected chi connectivity index (χ0v) is 22.5. The molecule has 1 fully saturated rings. The molecule has 2 amide bonds. The average molecular weight is 527 g/mol. The third-order valence-corrected chi connectivity index (χ3v) is 7.89. The molecule has 1 N–H and O–H groups in total. The van der Waals surface area contributed by atoms with Gasteiger partial charge in [-0.05, 0) is 24.6 Å². The van der Waals surface area contributed by atoms with Crippen LogP contribution in [0.3, 0.4) is 0 Å². The Labute approximate surface area is 222 Å². The quantitative estimate of drug-likeness (QED) is 0.596. The molecule has 2 atom stereocenters. The molecule has 0 unspecified atom stereocenters. The Hall–Kier alpha value is -2.98. The lowest BCUT2D eigenvalue weighted by molar-refractivity contribution is -0.120. The molecule has 5 rings (SSSR count). The highest BCUT2D eigenvalue weighted by Gasteiger charge is 2.43. The second-order valence-electron chi connectivity index (χ2n) is 11.5. The molecule has 1 aromatic carbocycles. The van der Waals surface area contributed by atoms with Crippen LogP contribution in [0.1, 0.15) is 67.8 Å². The molecule has 1 saturated heterocycles. The van der Waals surface area contributed by atoms with E-state index in [2.05, 4.69) is 27.3 Å². The van der Waals surface area contributed by atoms with Gasteiger partial charge in [-0.2, -0.15) is 13.9 Å². The maximum absolute atomic E-state index is 14.7. The third kappa shape index (κ3) is 4.91. The number of hydrogen-bond acceptors (Lipinski definition) is 6. The Kier molecular flexibility index (Phi) is 6.98. The first-order valence-electron chi connectivity index (χ1n) is 13.4. The lowest BCUT2D eigenvalue weighted by Gasteiger charge is -2.41. The summed E-state index contributed by atoms with van der Waals surface area (Å²) in [6, 6.07) is 9.12. The molecule has 0 spiro atoms. The Morgan fingerprint density at radius 3 is 2.74 bits per heavy atom. The lowest BCUT2D eigenvalue weighted by Crippen LogP contribution is -2.60. The van der Waals surface area contributed by atoms with Crippen LogP contribution in [0.5, 0.6) is 0 Å². The molecule has 10 heteroatoms. The van der Waals surface area contributed by atoms with Crippen molar-refractivity contribution in [3.63, 3.8) is 0 Å². The molecule has 0 bridgehead atoms. The molecule has 3 aliphatic heterocycles. The number of hydrogen-bond donors (Lipinski definition) is 1. The van der Waals surface area contributed by atoms with Gasteiger partial charge in [0.05, 0.1) is 17.9 Å². The van der Waals surface area contributed by atoms with Crippen LogP contribution in [-0.2, 0) is 22.7 Å². The van der Waals surface area contributed by atoms with Crippen LogP contribution < -0.4 is 10.2 Å². The summed E-state index contributed by atoms with van der Waals surface area (Å²) in [7, 11) is 0. The molecule has 4 heterocycles. The van der Waals surface area contributed by atoms with Gasteiger partial charge in [0, 0.05) is 62.2 Å². The van der Waals surface area contributed by atoms with Crippen LogP contribution in [0.15, 0.2) is 30.3 Å². The van der Waals surface area contributed by atoms with Crippen LogP contribution in [0, 0.1) is 0 Å². The second-order valence-corrected chi connectivity index (χ2v) is 11.5. The molecule has 8 nitrogen and oxygen atoms in total. The van der Waals surface area contributed by atoms with Crippen molar-refractivity contribution in [2.75, 3.05) is 37.6 Å². The van der Waals surface area contributed by atoms with E-state index in [1.165, 1.54) is 6.07 Å². The van der Waals surface area contributed by atoms with E-state index in [0.717, 1.165) is 11.1 Å². The van der Waals surface area contributed by atoms with Gasteiger partial charge in [0.1, 0.15) is 5.69 Å². The molecule has 0 aliphatic carbocycles. The van der Waals surface area contributed by atoms with Crippen molar-refractivity contribution in [3.8, 4) is 0 Å². The topological polar surface area (TPSA) is 81.7 Å². The number of halogens is 2. The Morgan fingerprint density at radius 1 is 1.24 bits per heavy atom. The summed E-state index contributed by atoms with van der Waals surface area (Å²) in [6.45, 7) is 10.5. The second kappa shape index (κ2) is 9.96. The van der Waals surface area contributed by atoms with E-state index in [9.17, 15) is 18.4 Å². The molecule has 1 aromatic heterocycles. The highest BCUT2D eigenvalue weighted by Crippen LogP contribution is 2.42. The molecule has 0 radical (unpaired) electrons. The van der Waals surface area contributed by atoms with E-state index < -0.39 is 17.0 Å². The van der Waals surface area contributed by atoms with Gasteiger partial charge in [-0.25, -0.2) is 0 Å². The van der Waals surface area contributed by atoms with E-state index in [-0.39, 0.29) is 36.9 Å². The average Bonchev–Trinajstić information content (AvgIpc) is 3.33. The summed E-state index contributed by atoms with van der Waals surface area (Å²) < 4.78 is 29.4. The molecular formula is C28H36F2N6O2. The number of carbonyl (C=O) groups excluding carboxylic acids is 2. The number of amides is 2.